The summed E-state index contributed by atoms with van der Waals surface area (Å²) in [7, 11) is 0. The second-order valence-corrected chi connectivity index (χ2v) is 6.24. The molecule has 0 atom stereocenters. The van der Waals surface area contributed by atoms with Gasteiger partial charge in [-0.2, -0.15) is 87.8 Å². The number of rotatable bonds is 3. The van der Waals surface area contributed by atoms with Gasteiger partial charge in [-0.3, -0.25) is 0 Å². The highest BCUT2D eigenvalue weighted by atomic mass is 19.4. The summed E-state index contributed by atoms with van der Waals surface area (Å²) in [6.45, 7) is 0. The summed E-state index contributed by atoms with van der Waals surface area (Å²) in [6, 6.07) is 0. The van der Waals surface area contributed by atoms with Crippen molar-refractivity contribution in [2.24, 2.45) is 0 Å². The molecule has 0 bridgehead atoms. The van der Waals surface area contributed by atoms with Gasteiger partial charge >= 0.3 is 54.1 Å². The molecular formula is C12HF21O. The monoisotopic (exact) mass is 560 g/mol. The highest BCUT2D eigenvalue weighted by molar-refractivity contribution is 5.44. The topological polar surface area (TPSA) is 9.23 Å². The maximum Gasteiger partial charge on any atom is 0.436 e. The van der Waals surface area contributed by atoms with Crippen molar-refractivity contribution in [3.05, 3.63) is 11.3 Å². The summed E-state index contributed by atoms with van der Waals surface area (Å²) < 4.78 is 276. The van der Waals surface area contributed by atoms with Crippen LogP contribution in [0.15, 0.2) is 11.3 Å². The molecule has 0 radical (unpaired) electrons. The minimum atomic E-state index is -8.36. The van der Waals surface area contributed by atoms with Crippen LogP contribution in [0.2, 0.25) is 0 Å². The van der Waals surface area contributed by atoms with E-state index in [0.717, 1.165) is 0 Å². The van der Waals surface area contributed by atoms with Gasteiger partial charge in [-0.05, 0) is 0 Å². The van der Waals surface area contributed by atoms with Crippen LogP contribution in [-0.4, -0.2) is 60.2 Å². The molecule has 0 aliphatic heterocycles. The second kappa shape index (κ2) is 7.29. The van der Waals surface area contributed by atoms with Crippen LogP contribution in [0.5, 0.6) is 0 Å². The molecule has 1 aliphatic rings. The number of hydrogen-bond acceptors (Lipinski definition) is 1. The fourth-order valence-electron chi connectivity index (χ4n) is 2.38. The fraction of sp³-hybridized carbons (Fsp3) is 0.833. The first-order valence-electron chi connectivity index (χ1n) is 7.24. The molecule has 22 heteroatoms. The average molecular weight is 560 g/mol. The molecule has 34 heavy (non-hydrogen) atoms. The van der Waals surface area contributed by atoms with Crippen molar-refractivity contribution in [3.63, 3.8) is 0 Å². The number of hydrogen-bond donors (Lipinski definition) is 0. The van der Waals surface area contributed by atoms with Crippen molar-refractivity contribution in [2.75, 3.05) is 0 Å². The lowest BCUT2D eigenvalue weighted by molar-refractivity contribution is -0.395. The number of allylic oxidation sites excluding steroid dienone is 2. The molecule has 0 spiro atoms. The summed E-state index contributed by atoms with van der Waals surface area (Å²) in [6.07, 6.45) is -37.2. The van der Waals surface area contributed by atoms with Gasteiger partial charge in [0.15, 0.2) is 5.76 Å². The highest BCUT2D eigenvalue weighted by Gasteiger charge is 2.93. The SMILES string of the molecule is FC(F)(F)C(OC1=C(C(F)(C(F)(F)F)C(F)(F)F)C(F)(F)C(F)(F)C(F)(F)C1(F)F)C(F)(F)F. The Morgan fingerprint density at radius 1 is 0.500 bits per heavy atom. The molecule has 0 aromatic rings. The van der Waals surface area contributed by atoms with E-state index >= 15 is 0 Å². The minimum absolute atomic E-state index is 2.00. The Kier molecular flexibility index (Phi) is 6.46. The lowest BCUT2D eigenvalue weighted by Gasteiger charge is -2.47. The third kappa shape index (κ3) is 3.87. The van der Waals surface area contributed by atoms with Crippen molar-refractivity contribution in [1.29, 1.82) is 0 Å². The first-order chi connectivity index (χ1) is 14.3. The van der Waals surface area contributed by atoms with Crippen molar-refractivity contribution in [2.45, 2.75) is 60.2 Å². The van der Waals surface area contributed by atoms with Crippen LogP contribution in [0.1, 0.15) is 0 Å². The van der Waals surface area contributed by atoms with E-state index in [0.29, 0.717) is 0 Å². The van der Waals surface area contributed by atoms with Gasteiger partial charge in [-0.15, -0.1) is 0 Å². The fourth-order valence-corrected chi connectivity index (χ4v) is 2.38. The Morgan fingerprint density at radius 2 is 0.794 bits per heavy atom. The van der Waals surface area contributed by atoms with Crippen LogP contribution in [-0.2, 0) is 4.74 Å². The van der Waals surface area contributed by atoms with E-state index in [2.05, 4.69) is 0 Å². The Morgan fingerprint density at radius 3 is 1.06 bits per heavy atom. The van der Waals surface area contributed by atoms with Gasteiger partial charge in [0.25, 0.3) is 6.10 Å². The summed E-state index contributed by atoms with van der Waals surface area (Å²) in [4.78, 5) is 0. The van der Waals surface area contributed by atoms with Crippen LogP contribution < -0.4 is 0 Å². The Hall–Kier alpha value is -1.93. The average Bonchev–Trinajstić information content (AvgIpc) is 2.51. The molecular weight excluding hydrogens is 559 g/mol. The molecule has 1 aliphatic carbocycles. The maximum atomic E-state index is 14.1. The maximum absolute atomic E-state index is 14.1. The third-order valence-corrected chi connectivity index (χ3v) is 3.97. The van der Waals surface area contributed by atoms with E-state index in [-0.39, 0.29) is 0 Å². The van der Waals surface area contributed by atoms with E-state index in [4.69, 9.17) is 0 Å². The number of ether oxygens (including phenoxy) is 1. The second-order valence-electron chi connectivity index (χ2n) is 6.24. The molecule has 0 saturated heterocycles. The largest absolute Gasteiger partial charge is 0.469 e. The number of alkyl halides is 21. The Balaban J connectivity index is 4.45. The van der Waals surface area contributed by atoms with Gasteiger partial charge in [0.05, 0.1) is 0 Å². The predicted octanol–water partition coefficient (Wildman–Crippen LogP) is 7.14. The molecule has 0 N–H and O–H groups in total. The van der Waals surface area contributed by atoms with Crippen LogP contribution in [0.25, 0.3) is 0 Å². The van der Waals surface area contributed by atoms with Crippen molar-refractivity contribution < 1.29 is 96.9 Å². The van der Waals surface area contributed by atoms with Gasteiger partial charge in [-0.25, -0.2) is 4.39 Å². The van der Waals surface area contributed by atoms with Gasteiger partial charge in [-0.1, -0.05) is 0 Å². The quantitative estimate of drug-likeness (QED) is 0.334. The van der Waals surface area contributed by atoms with Crippen molar-refractivity contribution >= 4 is 0 Å². The van der Waals surface area contributed by atoms with E-state index in [1.807, 2.05) is 4.74 Å². The molecule has 202 valence electrons. The summed E-state index contributed by atoms with van der Waals surface area (Å²) >= 11 is 0. The molecule has 0 amide bonds. The van der Waals surface area contributed by atoms with E-state index in [1.165, 1.54) is 0 Å². The minimum Gasteiger partial charge on any atom is -0.469 e. The van der Waals surface area contributed by atoms with Gasteiger partial charge in [0.2, 0.25) is 0 Å². The molecule has 1 nitrogen and oxygen atoms in total. The summed E-state index contributed by atoms with van der Waals surface area (Å²) in [5.41, 5.74) is -14.1. The molecule has 0 aromatic carbocycles. The van der Waals surface area contributed by atoms with Gasteiger partial charge in [0, 0.05) is 0 Å². The zero-order valence-corrected chi connectivity index (χ0v) is 14.4. The van der Waals surface area contributed by atoms with E-state index in [9.17, 15) is 92.2 Å². The molecule has 0 fully saturated rings. The zero-order chi connectivity index (χ0) is 27.9. The highest BCUT2D eigenvalue weighted by Crippen LogP contribution is 2.68. The first kappa shape index (κ1) is 30.1. The smallest absolute Gasteiger partial charge is 0.436 e. The van der Waals surface area contributed by atoms with Crippen LogP contribution in [0.3, 0.4) is 0 Å². The molecule has 0 heterocycles. The summed E-state index contributed by atoms with van der Waals surface area (Å²) in [5, 5.41) is 0. The molecule has 0 unspecified atom stereocenters. The van der Waals surface area contributed by atoms with Gasteiger partial charge < -0.3 is 4.74 Å². The molecule has 0 saturated carbocycles. The number of halogens is 21. The van der Waals surface area contributed by atoms with Crippen LogP contribution in [0, 0.1) is 0 Å². The lowest BCUT2D eigenvalue weighted by Crippen LogP contribution is -2.72. The Labute approximate surface area is 170 Å². The predicted molar refractivity (Wildman–Crippen MR) is 59.7 cm³/mol. The Bertz CT molecular complexity index is 789. The lowest BCUT2D eigenvalue weighted by atomic mass is 9.76. The van der Waals surface area contributed by atoms with E-state index < -0.39 is 71.5 Å². The molecule has 1 rings (SSSR count). The van der Waals surface area contributed by atoms with Gasteiger partial charge in [0.1, 0.15) is 5.57 Å². The van der Waals surface area contributed by atoms with E-state index in [1.54, 1.807) is 0 Å². The first-order valence-corrected chi connectivity index (χ1v) is 7.24. The van der Waals surface area contributed by atoms with Crippen LogP contribution >= 0.6 is 0 Å². The standard InChI is InChI=1S/C12HF21O/c13-4(11(28,29)30,12(31,32)33)1-2(34-3(7(18,19)20)8(21,22)23)6(16,17)10(26,27)9(24,25)5(1,14)15/h3H. The zero-order valence-electron chi connectivity index (χ0n) is 14.4. The van der Waals surface area contributed by atoms with Crippen molar-refractivity contribution in [1.82, 2.24) is 0 Å². The van der Waals surface area contributed by atoms with Crippen LogP contribution in [0.4, 0.5) is 92.2 Å². The molecule has 0 aromatic heterocycles. The normalized spacial score (nSPS) is 23.4. The third-order valence-electron chi connectivity index (χ3n) is 3.97. The summed E-state index contributed by atoms with van der Waals surface area (Å²) in [5.74, 6) is -37.6. The van der Waals surface area contributed by atoms with Crippen molar-refractivity contribution in [3.8, 4) is 0 Å².